The molecule has 4 nitrogen and oxygen atoms in total. The molecule has 104 valence electrons. The van der Waals surface area contributed by atoms with E-state index < -0.39 is 17.4 Å². The summed E-state index contributed by atoms with van der Waals surface area (Å²) in [4.78, 5) is 23.4. The fourth-order valence-corrected chi connectivity index (χ4v) is 2.84. The van der Waals surface area contributed by atoms with Crippen molar-refractivity contribution in [2.45, 2.75) is 33.1 Å². The van der Waals surface area contributed by atoms with Crippen LogP contribution in [0.2, 0.25) is 0 Å². The molecule has 0 unspecified atom stereocenters. The number of carbonyl (C=O) groups excluding carboxylic acids is 1. The number of carboxylic acid groups (broad SMARTS) is 1. The lowest BCUT2D eigenvalue weighted by Gasteiger charge is -2.24. The van der Waals surface area contributed by atoms with Gasteiger partial charge in [-0.15, -0.1) is 0 Å². The second-order valence-electron chi connectivity index (χ2n) is 5.12. The van der Waals surface area contributed by atoms with Gasteiger partial charge in [0.05, 0.1) is 17.7 Å². The fraction of sp³-hybridized carbons (Fsp3) is 0.429. The predicted octanol–water partition coefficient (Wildman–Crippen LogP) is 3.62. The van der Waals surface area contributed by atoms with Crippen molar-refractivity contribution in [3.05, 3.63) is 33.3 Å². The summed E-state index contributed by atoms with van der Waals surface area (Å²) in [6.45, 7) is 7.58. The summed E-state index contributed by atoms with van der Waals surface area (Å²) in [5.41, 5.74) is 0.267. The summed E-state index contributed by atoms with van der Waals surface area (Å²) in [5.74, 6) is -1.74. The van der Waals surface area contributed by atoms with Gasteiger partial charge in [-0.2, -0.15) is 0 Å². The van der Waals surface area contributed by atoms with Crippen LogP contribution in [0, 0.1) is 0 Å². The van der Waals surface area contributed by atoms with Crippen LogP contribution in [0.1, 0.15) is 54.0 Å². The van der Waals surface area contributed by atoms with Crippen LogP contribution in [-0.2, 0) is 10.2 Å². The summed E-state index contributed by atoms with van der Waals surface area (Å²) in [6, 6.07) is 3.15. The lowest BCUT2D eigenvalue weighted by Crippen LogP contribution is -2.22. The summed E-state index contributed by atoms with van der Waals surface area (Å²) in [6.07, 6.45) is 0. The molecule has 0 aliphatic carbocycles. The van der Waals surface area contributed by atoms with Gasteiger partial charge < -0.3 is 9.84 Å². The maximum Gasteiger partial charge on any atom is 0.339 e. The van der Waals surface area contributed by atoms with E-state index in [0.717, 1.165) is 0 Å². The van der Waals surface area contributed by atoms with Crippen molar-refractivity contribution in [3.63, 3.8) is 0 Å². The topological polar surface area (TPSA) is 63.6 Å². The van der Waals surface area contributed by atoms with Crippen molar-refractivity contribution in [3.8, 4) is 0 Å². The number of carboxylic acids is 1. The van der Waals surface area contributed by atoms with Crippen LogP contribution < -0.4 is 0 Å². The molecule has 0 aromatic heterocycles. The average Bonchev–Trinajstić information content (AvgIpc) is 2.26. The zero-order chi connectivity index (χ0) is 14.8. The summed E-state index contributed by atoms with van der Waals surface area (Å²) < 4.78 is 5.58. The molecule has 0 aliphatic rings. The number of hydrogen-bond donors (Lipinski definition) is 1. The lowest BCUT2D eigenvalue weighted by atomic mass is 9.82. The maximum absolute atomic E-state index is 11.9. The second kappa shape index (κ2) is 5.74. The molecule has 0 fully saturated rings. The Hall–Kier alpha value is -1.36. The molecule has 1 aromatic carbocycles. The SMILES string of the molecule is CCOC(=O)c1ccc(Br)c(C(C)(C)C)c1C(=O)O. The number of carbonyl (C=O) groups is 2. The molecular formula is C14H17BrO4. The minimum atomic E-state index is -1.13. The summed E-state index contributed by atoms with van der Waals surface area (Å²) in [5, 5.41) is 9.42. The van der Waals surface area contributed by atoms with Gasteiger partial charge in [-0.3, -0.25) is 0 Å². The number of rotatable bonds is 3. The first-order chi connectivity index (χ1) is 8.70. The first-order valence-corrected chi connectivity index (χ1v) is 6.72. The molecule has 0 heterocycles. The molecule has 0 bridgehead atoms. The minimum Gasteiger partial charge on any atom is -0.478 e. The number of hydrogen-bond acceptors (Lipinski definition) is 3. The van der Waals surface area contributed by atoms with Gasteiger partial charge in [0.25, 0.3) is 0 Å². The van der Waals surface area contributed by atoms with Gasteiger partial charge in [0.2, 0.25) is 0 Å². The smallest absolute Gasteiger partial charge is 0.339 e. The van der Waals surface area contributed by atoms with Crippen molar-refractivity contribution in [2.24, 2.45) is 0 Å². The van der Waals surface area contributed by atoms with Crippen molar-refractivity contribution in [1.29, 1.82) is 0 Å². The molecule has 0 saturated heterocycles. The van der Waals surface area contributed by atoms with E-state index in [4.69, 9.17) is 4.74 Å². The van der Waals surface area contributed by atoms with Gasteiger partial charge in [-0.25, -0.2) is 9.59 Å². The molecule has 19 heavy (non-hydrogen) atoms. The number of esters is 1. The molecule has 0 radical (unpaired) electrons. The highest BCUT2D eigenvalue weighted by Crippen LogP contribution is 2.35. The van der Waals surface area contributed by atoms with E-state index >= 15 is 0 Å². The molecule has 0 atom stereocenters. The van der Waals surface area contributed by atoms with E-state index in [1.165, 1.54) is 6.07 Å². The monoisotopic (exact) mass is 328 g/mol. The molecule has 1 rings (SSSR count). The number of halogens is 1. The van der Waals surface area contributed by atoms with E-state index in [0.29, 0.717) is 10.0 Å². The summed E-state index contributed by atoms with van der Waals surface area (Å²) in [7, 11) is 0. The normalized spacial score (nSPS) is 11.2. The minimum absolute atomic E-state index is 0.000301. The Morgan fingerprint density at radius 3 is 2.32 bits per heavy atom. The Morgan fingerprint density at radius 1 is 1.32 bits per heavy atom. The van der Waals surface area contributed by atoms with Crippen LogP contribution >= 0.6 is 15.9 Å². The maximum atomic E-state index is 11.9. The van der Waals surface area contributed by atoms with Crippen LogP contribution in [0.15, 0.2) is 16.6 Å². The van der Waals surface area contributed by atoms with E-state index in [9.17, 15) is 14.7 Å². The van der Waals surface area contributed by atoms with Crippen molar-refractivity contribution in [2.75, 3.05) is 6.61 Å². The van der Waals surface area contributed by atoms with Crippen molar-refractivity contribution < 1.29 is 19.4 Å². The third kappa shape index (κ3) is 3.35. The van der Waals surface area contributed by atoms with Gasteiger partial charge in [-0.1, -0.05) is 36.7 Å². The Bertz CT molecular complexity index is 515. The standard InChI is InChI=1S/C14H17BrO4/c1-5-19-13(18)8-6-7-9(15)11(14(2,3)4)10(8)12(16)17/h6-7H,5H2,1-4H3,(H,16,17). The molecule has 1 N–H and O–H groups in total. The molecule has 1 aromatic rings. The number of aromatic carboxylic acids is 1. The highest BCUT2D eigenvalue weighted by atomic mass is 79.9. The first kappa shape index (κ1) is 15.7. The summed E-state index contributed by atoms with van der Waals surface area (Å²) >= 11 is 3.36. The number of benzene rings is 1. The molecule has 0 aliphatic heterocycles. The molecule has 0 saturated carbocycles. The highest BCUT2D eigenvalue weighted by molar-refractivity contribution is 9.10. The zero-order valence-corrected chi connectivity index (χ0v) is 13.0. The van der Waals surface area contributed by atoms with Crippen LogP contribution in [-0.4, -0.2) is 23.7 Å². The highest BCUT2D eigenvalue weighted by Gasteiger charge is 2.29. The Balaban J connectivity index is 3.60. The Kier molecular flexibility index (Phi) is 4.74. The van der Waals surface area contributed by atoms with Crippen molar-refractivity contribution in [1.82, 2.24) is 0 Å². The Morgan fingerprint density at radius 2 is 1.89 bits per heavy atom. The van der Waals surface area contributed by atoms with E-state index in [1.54, 1.807) is 13.0 Å². The quantitative estimate of drug-likeness (QED) is 0.860. The van der Waals surface area contributed by atoms with Gasteiger partial charge >= 0.3 is 11.9 Å². The van der Waals surface area contributed by atoms with Crippen molar-refractivity contribution >= 4 is 27.9 Å². The predicted molar refractivity (Wildman–Crippen MR) is 75.8 cm³/mol. The van der Waals surface area contributed by atoms with Gasteiger partial charge in [0.15, 0.2) is 0 Å². The fourth-order valence-electron chi connectivity index (χ4n) is 1.91. The van der Waals surface area contributed by atoms with Gasteiger partial charge in [0.1, 0.15) is 0 Å². The number of ether oxygens (including phenoxy) is 1. The van der Waals surface area contributed by atoms with Crippen LogP contribution in [0.5, 0.6) is 0 Å². The van der Waals surface area contributed by atoms with E-state index in [-0.39, 0.29) is 17.7 Å². The second-order valence-corrected chi connectivity index (χ2v) is 5.97. The van der Waals surface area contributed by atoms with Gasteiger partial charge in [0, 0.05) is 4.47 Å². The lowest BCUT2D eigenvalue weighted by molar-refractivity contribution is 0.0514. The zero-order valence-electron chi connectivity index (χ0n) is 11.4. The average molecular weight is 329 g/mol. The molecular weight excluding hydrogens is 312 g/mol. The molecule has 0 spiro atoms. The van der Waals surface area contributed by atoms with Gasteiger partial charge in [-0.05, 0) is 30.0 Å². The van der Waals surface area contributed by atoms with E-state index in [2.05, 4.69) is 15.9 Å². The van der Waals surface area contributed by atoms with Crippen LogP contribution in [0.4, 0.5) is 0 Å². The first-order valence-electron chi connectivity index (χ1n) is 5.93. The molecule has 0 amide bonds. The van der Waals surface area contributed by atoms with Crippen LogP contribution in [0.3, 0.4) is 0 Å². The molecule has 5 heteroatoms. The van der Waals surface area contributed by atoms with Crippen LogP contribution in [0.25, 0.3) is 0 Å². The largest absolute Gasteiger partial charge is 0.478 e. The third-order valence-electron chi connectivity index (χ3n) is 2.61. The van der Waals surface area contributed by atoms with E-state index in [1.807, 2.05) is 20.8 Å². The Labute approximate surface area is 120 Å². The third-order valence-corrected chi connectivity index (χ3v) is 3.27.